The van der Waals surface area contributed by atoms with Gasteiger partial charge < -0.3 is 14.6 Å². The number of anilines is 1. The van der Waals surface area contributed by atoms with Crippen LogP contribution in [0.15, 0.2) is 40.8 Å². The minimum atomic E-state index is 0.325. The Labute approximate surface area is 117 Å². The Morgan fingerprint density at radius 2 is 1.85 bits per heavy atom. The molecule has 0 atom stereocenters. The van der Waals surface area contributed by atoms with Crippen molar-refractivity contribution < 1.29 is 9.15 Å². The number of hydrogen-bond donors (Lipinski definition) is 2. The van der Waals surface area contributed by atoms with Crippen LogP contribution in [0, 0.1) is 0 Å². The Kier molecular flexibility index (Phi) is 3.24. The van der Waals surface area contributed by atoms with E-state index in [1.807, 2.05) is 30.3 Å². The number of rotatable bonds is 4. The van der Waals surface area contributed by atoms with Crippen molar-refractivity contribution in [3.63, 3.8) is 0 Å². The SMILES string of the molecule is COc1cc2c(cc1NNC(C)C)oc1ccccc12. The molecule has 1 heterocycles. The van der Waals surface area contributed by atoms with Gasteiger partial charge in [-0.3, -0.25) is 0 Å². The van der Waals surface area contributed by atoms with Gasteiger partial charge >= 0.3 is 0 Å². The second-order valence-corrected chi connectivity index (χ2v) is 5.07. The first-order chi connectivity index (χ1) is 9.69. The van der Waals surface area contributed by atoms with Gasteiger partial charge in [-0.05, 0) is 26.0 Å². The van der Waals surface area contributed by atoms with Crippen LogP contribution in [-0.2, 0) is 0 Å². The van der Waals surface area contributed by atoms with Gasteiger partial charge in [-0.15, -0.1) is 0 Å². The van der Waals surface area contributed by atoms with Crippen LogP contribution < -0.4 is 15.6 Å². The minimum absolute atomic E-state index is 0.325. The van der Waals surface area contributed by atoms with Gasteiger partial charge in [0.05, 0.1) is 12.8 Å². The molecule has 0 aliphatic carbocycles. The number of para-hydroxylation sites is 1. The monoisotopic (exact) mass is 270 g/mol. The second-order valence-electron chi connectivity index (χ2n) is 5.07. The maximum atomic E-state index is 5.88. The smallest absolute Gasteiger partial charge is 0.144 e. The van der Waals surface area contributed by atoms with E-state index in [2.05, 4.69) is 30.8 Å². The number of fused-ring (bicyclic) bond motifs is 3. The van der Waals surface area contributed by atoms with Crippen LogP contribution in [0.5, 0.6) is 5.75 Å². The highest BCUT2D eigenvalue weighted by Gasteiger charge is 2.11. The van der Waals surface area contributed by atoms with Gasteiger partial charge in [0, 0.05) is 22.9 Å². The summed E-state index contributed by atoms with van der Waals surface area (Å²) < 4.78 is 11.3. The largest absolute Gasteiger partial charge is 0.495 e. The normalized spacial score (nSPS) is 11.4. The molecule has 0 saturated heterocycles. The quantitative estimate of drug-likeness (QED) is 0.705. The molecule has 0 spiro atoms. The third kappa shape index (κ3) is 2.18. The molecule has 1 aromatic heterocycles. The van der Waals surface area contributed by atoms with Crippen LogP contribution >= 0.6 is 0 Å². The number of furan rings is 1. The van der Waals surface area contributed by atoms with Gasteiger partial charge in [0.15, 0.2) is 0 Å². The molecule has 0 aliphatic heterocycles. The average molecular weight is 270 g/mol. The van der Waals surface area contributed by atoms with Gasteiger partial charge in [-0.25, -0.2) is 5.43 Å². The number of benzene rings is 2. The third-order valence-corrected chi connectivity index (χ3v) is 3.19. The molecule has 104 valence electrons. The van der Waals surface area contributed by atoms with E-state index in [0.29, 0.717) is 6.04 Å². The lowest BCUT2D eigenvalue weighted by Crippen LogP contribution is -2.29. The highest BCUT2D eigenvalue weighted by molar-refractivity contribution is 6.06. The summed E-state index contributed by atoms with van der Waals surface area (Å²) in [5, 5.41) is 2.16. The number of ether oxygens (including phenoxy) is 1. The zero-order valence-electron chi connectivity index (χ0n) is 11.9. The fourth-order valence-electron chi connectivity index (χ4n) is 2.24. The standard InChI is InChI=1S/C16H18N2O2/c1-10(2)17-18-13-9-15-12(8-16(13)19-3)11-6-4-5-7-14(11)20-15/h4-10,17-18H,1-3H3. The lowest BCUT2D eigenvalue weighted by atomic mass is 10.1. The molecule has 4 nitrogen and oxygen atoms in total. The highest BCUT2D eigenvalue weighted by atomic mass is 16.5. The molecule has 0 amide bonds. The maximum absolute atomic E-state index is 5.88. The van der Waals surface area contributed by atoms with Crippen LogP contribution in [0.1, 0.15) is 13.8 Å². The van der Waals surface area contributed by atoms with E-state index in [0.717, 1.165) is 33.4 Å². The van der Waals surface area contributed by atoms with E-state index in [4.69, 9.17) is 9.15 Å². The summed E-state index contributed by atoms with van der Waals surface area (Å²) in [6, 6.07) is 12.3. The van der Waals surface area contributed by atoms with E-state index in [9.17, 15) is 0 Å². The third-order valence-electron chi connectivity index (χ3n) is 3.19. The molecule has 0 bridgehead atoms. The summed E-state index contributed by atoms with van der Waals surface area (Å²) in [6.07, 6.45) is 0. The van der Waals surface area contributed by atoms with E-state index in [-0.39, 0.29) is 0 Å². The van der Waals surface area contributed by atoms with Crippen LogP contribution in [0.3, 0.4) is 0 Å². The minimum Gasteiger partial charge on any atom is -0.495 e. The van der Waals surface area contributed by atoms with Crippen molar-refractivity contribution in [1.82, 2.24) is 5.43 Å². The second kappa shape index (κ2) is 5.06. The molecule has 4 heteroatoms. The molecule has 0 unspecified atom stereocenters. The van der Waals surface area contributed by atoms with Gasteiger partial charge in [-0.2, -0.15) is 0 Å². The molecule has 2 N–H and O–H groups in total. The number of hydrogen-bond acceptors (Lipinski definition) is 4. The van der Waals surface area contributed by atoms with Gasteiger partial charge in [0.25, 0.3) is 0 Å². The zero-order valence-corrected chi connectivity index (χ0v) is 11.9. The van der Waals surface area contributed by atoms with Crippen molar-refractivity contribution in [2.24, 2.45) is 0 Å². The summed E-state index contributed by atoms with van der Waals surface area (Å²) in [6.45, 7) is 4.14. The fraction of sp³-hybridized carbons (Fsp3) is 0.250. The molecule has 0 saturated carbocycles. The topological polar surface area (TPSA) is 46.4 Å². The van der Waals surface area contributed by atoms with Crippen molar-refractivity contribution >= 4 is 27.6 Å². The molecular weight excluding hydrogens is 252 g/mol. The van der Waals surface area contributed by atoms with Gasteiger partial charge in [0.2, 0.25) is 0 Å². The summed E-state index contributed by atoms with van der Waals surface area (Å²) in [7, 11) is 1.67. The average Bonchev–Trinajstić information content (AvgIpc) is 2.81. The lowest BCUT2D eigenvalue weighted by Gasteiger charge is -2.14. The summed E-state index contributed by atoms with van der Waals surface area (Å²) in [5.74, 6) is 0.789. The number of nitrogens with one attached hydrogen (secondary N) is 2. The van der Waals surface area contributed by atoms with E-state index < -0.39 is 0 Å². The fourth-order valence-corrected chi connectivity index (χ4v) is 2.24. The Hall–Kier alpha value is -2.20. The molecule has 0 radical (unpaired) electrons. The summed E-state index contributed by atoms with van der Waals surface area (Å²) >= 11 is 0. The maximum Gasteiger partial charge on any atom is 0.144 e. The molecular formula is C16H18N2O2. The van der Waals surface area contributed by atoms with E-state index in [1.165, 1.54) is 0 Å². The van der Waals surface area contributed by atoms with Crippen molar-refractivity contribution in [2.75, 3.05) is 12.5 Å². The van der Waals surface area contributed by atoms with Crippen LogP contribution in [0.25, 0.3) is 21.9 Å². The number of hydrazine groups is 1. The molecule has 0 aliphatic rings. The first-order valence-corrected chi connectivity index (χ1v) is 6.70. The molecule has 20 heavy (non-hydrogen) atoms. The predicted octanol–water partition coefficient (Wildman–Crippen LogP) is 3.92. The first kappa shape index (κ1) is 12.8. The van der Waals surface area contributed by atoms with E-state index >= 15 is 0 Å². The lowest BCUT2D eigenvalue weighted by molar-refractivity contribution is 0.416. The van der Waals surface area contributed by atoms with Gasteiger partial charge in [0.1, 0.15) is 16.9 Å². The molecule has 0 fully saturated rings. The van der Waals surface area contributed by atoms with Crippen LogP contribution in [0.4, 0.5) is 5.69 Å². The Morgan fingerprint density at radius 1 is 1.05 bits per heavy atom. The predicted molar refractivity (Wildman–Crippen MR) is 82.2 cm³/mol. The van der Waals surface area contributed by atoms with Crippen molar-refractivity contribution in [3.8, 4) is 5.75 Å². The Bertz CT molecular complexity index is 747. The van der Waals surface area contributed by atoms with Crippen LogP contribution in [0.2, 0.25) is 0 Å². The Balaban J connectivity index is 2.14. The number of methoxy groups -OCH3 is 1. The van der Waals surface area contributed by atoms with Crippen molar-refractivity contribution in [3.05, 3.63) is 36.4 Å². The Morgan fingerprint density at radius 3 is 2.60 bits per heavy atom. The molecule has 3 aromatic rings. The van der Waals surface area contributed by atoms with Crippen LogP contribution in [-0.4, -0.2) is 13.2 Å². The zero-order chi connectivity index (χ0) is 14.1. The van der Waals surface area contributed by atoms with Crippen molar-refractivity contribution in [1.29, 1.82) is 0 Å². The summed E-state index contributed by atoms with van der Waals surface area (Å²) in [5.41, 5.74) is 8.93. The highest BCUT2D eigenvalue weighted by Crippen LogP contribution is 2.35. The van der Waals surface area contributed by atoms with Crippen molar-refractivity contribution in [2.45, 2.75) is 19.9 Å². The molecule has 2 aromatic carbocycles. The first-order valence-electron chi connectivity index (χ1n) is 6.70. The van der Waals surface area contributed by atoms with Gasteiger partial charge in [-0.1, -0.05) is 18.2 Å². The summed E-state index contributed by atoms with van der Waals surface area (Å²) in [4.78, 5) is 0. The van der Waals surface area contributed by atoms with E-state index in [1.54, 1.807) is 7.11 Å². The molecule has 3 rings (SSSR count).